The number of hydrogen-bond acceptors (Lipinski definition) is 25. The molecule has 81 heavy (non-hydrogen) atoms. The fourth-order valence-electron chi connectivity index (χ4n) is 12.3. The van der Waals surface area contributed by atoms with Crippen LogP contribution in [0.2, 0.25) is 0 Å². The number of hydrogen-bond donors (Lipinski definition) is 8. The van der Waals surface area contributed by atoms with Crippen LogP contribution in [0, 0.1) is 10.5 Å². The first-order valence-corrected chi connectivity index (χ1v) is 29.8. The molecule has 27 heteroatoms. The molecule has 5 heterocycles. The summed E-state index contributed by atoms with van der Waals surface area (Å²) in [6, 6.07) is 4.71. The molecule has 2 aromatic carbocycles. The van der Waals surface area contributed by atoms with Gasteiger partial charge >= 0.3 is 6.09 Å². The van der Waals surface area contributed by atoms with Crippen molar-refractivity contribution in [3.05, 3.63) is 61.7 Å². The summed E-state index contributed by atoms with van der Waals surface area (Å²) in [5, 5.41) is 63.3. The lowest BCUT2D eigenvalue weighted by molar-refractivity contribution is -0.343. The Kier molecular flexibility index (Phi) is 20.0. The zero-order valence-corrected chi connectivity index (χ0v) is 50.4. The molecule has 1 amide bonds. The molecule has 1 saturated carbocycles. The Bertz CT molecular complexity index is 2630. The highest BCUT2D eigenvalue weighted by Gasteiger charge is 2.69. The van der Waals surface area contributed by atoms with E-state index in [1.807, 2.05) is 35.6 Å². The molecule has 8 N–H and O–H groups in total. The third-order valence-corrected chi connectivity index (χ3v) is 20.5. The van der Waals surface area contributed by atoms with Crippen molar-refractivity contribution in [1.29, 1.82) is 0 Å². The van der Waals surface area contributed by atoms with Crippen molar-refractivity contribution in [2.24, 2.45) is 0 Å². The number of ketones is 1. The first-order chi connectivity index (χ1) is 38.7. The number of benzene rings is 2. The second kappa shape index (κ2) is 25.9. The monoisotopic (exact) mass is 1290 g/mol. The van der Waals surface area contributed by atoms with Crippen LogP contribution in [0.5, 0.6) is 17.2 Å². The van der Waals surface area contributed by atoms with Gasteiger partial charge < -0.3 is 93.0 Å². The van der Waals surface area contributed by atoms with Crippen molar-refractivity contribution >= 4 is 63.1 Å². The normalized spacial score (nSPS) is 39.2. The smallest absolute Gasteiger partial charge is 0.407 e. The molecule has 5 fully saturated rings. The van der Waals surface area contributed by atoms with E-state index in [0.29, 0.717) is 38.1 Å². The molecule has 9 rings (SSSR count). The number of likely N-dealkylation sites (N-methyl/N-ethyl adjacent to an activating group) is 1. The number of nitrogens with one attached hydrogen (secondary N) is 3. The number of aliphatic hydroxyl groups excluding tert-OH is 4. The van der Waals surface area contributed by atoms with Crippen LogP contribution in [0.15, 0.2) is 35.9 Å². The van der Waals surface area contributed by atoms with Gasteiger partial charge in [-0.15, -0.1) is 11.8 Å². The first-order valence-electron chi connectivity index (χ1n) is 26.9. The summed E-state index contributed by atoms with van der Waals surface area (Å²) in [6.07, 6.45) is -15.1. The second-order valence-electron chi connectivity index (χ2n) is 21.1. The van der Waals surface area contributed by atoms with E-state index in [2.05, 4.69) is 16.1 Å². The number of hydroxylamine groups is 1. The summed E-state index contributed by atoms with van der Waals surface area (Å²) in [7, 11) is 6.89. The molecule has 2 bridgehead atoms. The molecule has 0 aromatic heterocycles. The molecule has 2 aromatic rings. The predicted octanol–water partition coefficient (Wildman–Crippen LogP) is 2.40. The summed E-state index contributed by atoms with van der Waals surface area (Å²) >= 11 is 4.19. The number of carbonyl (C=O) groups is 3. The summed E-state index contributed by atoms with van der Waals surface area (Å²) in [6.45, 7) is 9.57. The highest BCUT2D eigenvalue weighted by molar-refractivity contribution is 14.1. The van der Waals surface area contributed by atoms with Crippen LogP contribution in [-0.4, -0.2) is 211 Å². The molecule has 2 aliphatic carbocycles. The number of aliphatic hydroxyl groups is 5. The molecule has 0 spiro atoms. The number of carbonyl (C=O) groups excluding carboxylic acids is 3. The Morgan fingerprint density at radius 2 is 1.59 bits per heavy atom. The molecular weight excluding hydrogens is 1220 g/mol. The van der Waals surface area contributed by atoms with Gasteiger partial charge in [-0.1, -0.05) is 49.0 Å². The SMILES string of the molecule is CCN[C@H]1CO[C@@H](O[C@H]2[C@H](OC3c4ccccc4[C@]4(O)CC(=O)[C@@H](NC(=O)OC)C35SCC=C54)O[C@H](C)[C@@H](NO[C@H]3C[C@H](O)[C@H](SC(=O)c4c(C)c(I)c(OC5O[C@@H](C)[C@H](O)[C@@H](OC)[C@H]5O)c(OC)c4OC)[C@@H](C)O3)[C@@H]2O)C[C@@H]1OC. The number of thioether (sulfide) groups is 2. The van der Waals surface area contributed by atoms with Crippen molar-refractivity contribution in [1.82, 2.24) is 16.1 Å². The van der Waals surface area contributed by atoms with Gasteiger partial charge in [0.25, 0.3) is 0 Å². The number of halogens is 1. The van der Waals surface area contributed by atoms with Crippen molar-refractivity contribution in [3.8, 4) is 17.2 Å². The maximum atomic E-state index is 14.4. The van der Waals surface area contributed by atoms with Gasteiger partial charge in [0.05, 0.1) is 89.7 Å². The maximum Gasteiger partial charge on any atom is 0.407 e. The van der Waals surface area contributed by atoms with E-state index in [-0.39, 0.29) is 60.8 Å². The third kappa shape index (κ3) is 11.6. The molecular formula is C54H74IN3O21S2. The molecule has 450 valence electrons. The zero-order valence-electron chi connectivity index (χ0n) is 46.6. The highest BCUT2D eigenvalue weighted by atomic mass is 127. The summed E-state index contributed by atoms with van der Waals surface area (Å²) < 4.78 is 71.9. The summed E-state index contributed by atoms with van der Waals surface area (Å²) in [5.74, 6) is 0.149. The fourth-order valence-corrected chi connectivity index (χ4v) is 15.7. The second-order valence-corrected chi connectivity index (χ2v) is 24.6. The predicted molar refractivity (Wildman–Crippen MR) is 298 cm³/mol. The van der Waals surface area contributed by atoms with Crippen molar-refractivity contribution in [3.63, 3.8) is 0 Å². The van der Waals surface area contributed by atoms with Crippen molar-refractivity contribution < 1.29 is 102 Å². The van der Waals surface area contributed by atoms with Gasteiger partial charge in [-0.25, -0.2) is 4.79 Å². The van der Waals surface area contributed by atoms with Gasteiger partial charge in [0.15, 0.2) is 36.2 Å². The van der Waals surface area contributed by atoms with Gasteiger partial charge in [-0.05, 0) is 79.1 Å². The van der Waals surface area contributed by atoms with Crippen LogP contribution in [0.1, 0.15) is 80.1 Å². The lowest BCUT2D eigenvalue weighted by Crippen LogP contribution is -2.69. The highest BCUT2D eigenvalue weighted by Crippen LogP contribution is 2.65. The Balaban J connectivity index is 0.929. The lowest BCUT2D eigenvalue weighted by Gasteiger charge is -2.57. The first kappa shape index (κ1) is 62.5. The number of ether oxygens (including phenoxy) is 12. The molecule has 0 radical (unpaired) electrons. The molecule has 7 aliphatic rings. The van der Waals surface area contributed by atoms with E-state index < -0.39 is 131 Å². The largest absolute Gasteiger partial charge is 0.492 e. The molecule has 4 saturated heterocycles. The maximum absolute atomic E-state index is 14.4. The topological polar surface area (TPSA) is 308 Å². The van der Waals surface area contributed by atoms with E-state index in [1.165, 1.54) is 40.2 Å². The van der Waals surface area contributed by atoms with Crippen LogP contribution >= 0.6 is 46.1 Å². The number of rotatable bonds is 18. The minimum atomic E-state index is -1.70. The van der Waals surface area contributed by atoms with Gasteiger partial charge in [0, 0.05) is 39.2 Å². The minimum Gasteiger partial charge on any atom is -0.492 e. The summed E-state index contributed by atoms with van der Waals surface area (Å²) in [5.41, 5.74) is 3.32. The Morgan fingerprint density at radius 1 is 0.864 bits per heavy atom. The number of alkyl carbamates (subject to hydrolysis) is 1. The zero-order chi connectivity index (χ0) is 58.4. The standard InChI is InChI=1S/C54H74IN3O21S2/c1-11-56-28-21-72-33(19-31(28)67-6)76-44-39(62)37(23(3)74-51(44)78-48-26-14-12-13-15-27(26)53(66)20-30(60)47(57-52(65)71-10)54(48)32(53)16-17-80-54)58-79-34-18-29(59)46(25(5)73-34)81-49(64)35-22(2)36(55)42(45(70-9)41(35)68-7)77-50-40(63)43(69-8)38(61)24(4)75-50/h12-16,23-25,28-29,31,33-34,37-40,43-44,46-48,50-51,56,58-59,61-63,66H,11,17-21H2,1-10H3,(H,57,65)/t23-,24+,25-,28+,29+,31+,33+,34+,37-,38+,39+,40-,43-,44-,46-,47-,48?,50?,51+,53-,54?/m1/s1. The third-order valence-electron chi connectivity index (χ3n) is 16.4. The quantitative estimate of drug-likeness (QED) is 0.0604. The molecule has 24 nitrogen and oxygen atoms in total. The average Bonchev–Trinajstić information content (AvgIpc) is 4.15. The summed E-state index contributed by atoms with van der Waals surface area (Å²) in [4.78, 5) is 47.8. The van der Waals surface area contributed by atoms with Crippen LogP contribution in [-0.2, 0) is 57.9 Å². The van der Waals surface area contributed by atoms with E-state index in [9.17, 15) is 39.9 Å². The van der Waals surface area contributed by atoms with Crippen molar-refractivity contribution in [2.45, 2.75) is 180 Å². The van der Waals surface area contributed by atoms with Crippen LogP contribution < -0.4 is 30.3 Å². The molecule has 21 atom stereocenters. The molecule has 3 unspecified atom stereocenters. The Hall–Kier alpha value is -3.02. The minimum absolute atomic E-state index is 0.0377. The van der Waals surface area contributed by atoms with Crippen LogP contribution in [0.4, 0.5) is 4.79 Å². The van der Waals surface area contributed by atoms with Gasteiger partial charge in [-0.3, -0.25) is 14.4 Å². The van der Waals surface area contributed by atoms with Crippen LogP contribution in [0.25, 0.3) is 0 Å². The van der Waals surface area contributed by atoms with Gasteiger partial charge in [0.2, 0.25) is 17.2 Å². The lowest BCUT2D eigenvalue weighted by atomic mass is 9.59. The van der Waals surface area contributed by atoms with Gasteiger partial charge in [0.1, 0.15) is 48.3 Å². The van der Waals surface area contributed by atoms with E-state index in [0.717, 1.165) is 11.8 Å². The number of fused-ring (bicyclic) bond motifs is 2. The average molecular weight is 1290 g/mol. The van der Waals surface area contributed by atoms with E-state index >= 15 is 0 Å². The Morgan fingerprint density at radius 3 is 2.27 bits per heavy atom. The van der Waals surface area contributed by atoms with Crippen LogP contribution in [0.3, 0.4) is 0 Å². The van der Waals surface area contributed by atoms with Gasteiger partial charge in [-0.2, -0.15) is 5.48 Å². The molecule has 5 aliphatic heterocycles. The number of methoxy groups -OCH3 is 5. The van der Waals surface area contributed by atoms with E-state index in [1.54, 1.807) is 59.1 Å². The Labute approximate surface area is 491 Å². The number of amides is 1. The number of Topliss-reactive ketones (excluding diaryl/α,β-unsaturated/α-hetero) is 1. The van der Waals surface area contributed by atoms with Crippen molar-refractivity contribution in [2.75, 3.05) is 54.5 Å². The van der Waals surface area contributed by atoms with E-state index in [4.69, 9.17) is 61.7 Å². The fraction of sp³-hybridized carbons (Fsp3) is 0.685.